The van der Waals surface area contributed by atoms with Gasteiger partial charge in [-0.05, 0) is 46.3 Å². The quantitative estimate of drug-likeness (QED) is 0.943. The van der Waals surface area contributed by atoms with Gasteiger partial charge < -0.3 is 15.2 Å². The summed E-state index contributed by atoms with van der Waals surface area (Å²) >= 11 is 3.36. The molecule has 0 saturated heterocycles. The minimum absolute atomic E-state index is 0.332. The highest BCUT2D eigenvalue weighted by molar-refractivity contribution is 9.10. The first kappa shape index (κ1) is 12.9. The molecule has 2 aromatic rings. The van der Waals surface area contributed by atoms with E-state index in [2.05, 4.69) is 20.9 Å². The molecule has 0 spiro atoms. The van der Waals surface area contributed by atoms with Crippen molar-refractivity contribution < 1.29 is 9.47 Å². The van der Waals surface area contributed by atoms with Gasteiger partial charge in [0.1, 0.15) is 11.5 Å². The number of nitrogens with two attached hydrogens (primary N) is 1. The highest BCUT2D eigenvalue weighted by atomic mass is 79.9. The lowest BCUT2D eigenvalue weighted by Crippen LogP contribution is -2.02. The van der Waals surface area contributed by atoms with Crippen LogP contribution in [0.2, 0.25) is 0 Å². The highest BCUT2D eigenvalue weighted by Crippen LogP contribution is 2.27. The highest BCUT2D eigenvalue weighted by Gasteiger charge is 2.06. The molecule has 0 saturated carbocycles. The zero-order valence-corrected chi connectivity index (χ0v) is 11.5. The number of nitrogens with zero attached hydrogens (tertiary/aromatic N) is 1. The summed E-state index contributed by atoms with van der Waals surface area (Å²) in [5.74, 6) is 2.15. The molecule has 0 fully saturated rings. The summed E-state index contributed by atoms with van der Waals surface area (Å²) < 4.78 is 11.7. The van der Waals surface area contributed by atoms with Crippen LogP contribution in [0.4, 0.5) is 0 Å². The van der Waals surface area contributed by atoms with Gasteiger partial charge >= 0.3 is 0 Å². The summed E-state index contributed by atoms with van der Waals surface area (Å²) in [6.45, 7) is 0.332. The third-order valence-electron chi connectivity index (χ3n) is 2.38. The van der Waals surface area contributed by atoms with Crippen LogP contribution in [0.15, 0.2) is 41.0 Å². The SMILES string of the molecule is COc1ccc(Oc2cc(Br)cnc2CN)cc1. The number of rotatable bonds is 4. The molecule has 94 valence electrons. The molecule has 0 amide bonds. The number of ether oxygens (including phenoxy) is 2. The zero-order chi connectivity index (χ0) is 13.0. The molecule has 0 radical (unpaired) electrons. The Kier molecular flexibility index (Phi) is 4.17. The average Bonchev–Trinajstić information content (AvgIpc) is 2.40. The Labute approximate surface area is 114 Å². The molecule has 2 N–H and O–H groups in total. The van der Waals surface area contributed by atoms with Crippen molar-refractivity contribution in [3.63, 3.8) is 0 Å². The van der Waals surface area contributed by atoms with Crippen molar-refractivity contribution in [3.05, 3.63) is 46.7 Å². The average molecular weight is 309 g/mol. The van der Waals surface area contributed by atoms with Crippen molar-refractivity contribution in [2.75, 3.05) is 7.11 Å². The van der Waals surface area contributed by atoms with Crippen molar-refractivity contribution in [3.8, 4) is 17.2 Å². The molecule has 1 aromatic heterocycles. The Hall–Kier alpha value is -1.59. The number of halogens is 1. The van der Waals surface area contributed by atoms with E-state index in [1.165, 1.54) is 0 Å². The van der Waals surface area contributed by atoms with E-state index < -0.39 is 0 Å². The first-order valence-corrected chi connectivity index (χ1v) is 6.18. The van der Waals surface area contributed by atoms with Gasteiger partial charge in [-0.2, -0.15) is 0 Å². The van der Waals surface area contributed by atoms with Crippen molar-refractivity contribution in [1.82, 2.24) is 4.98 Å². The maximum Gasteiger partial charge on any atom is 0.151 e. The fourth-order valence-corrected chi connectivity index (χ4v) is 1.77. The lowest BCUT2D eigenvalue weighted by molar-refractivity contribution is 0.412. The maximum absolute atomic E-state index is 5.75. The molecule has 18 heavy (non-hydrogen) atoms. The molecule has 1 heterocycles. The fraction of sp³-hybridized carbons (Fsp3) is 0.154. The predicted molar refractivity (Wildman–Crippen MR) is 72.9 cm³/mol. The Bertz CT molecular complexity index is 529. The Morgan fingerprint density at radius 1 is 1.22 bits per heavy atom. The number of aromatic nitrogens is 1. The summed E-state index contributed by atoms with van der Waals surface area (Å²) in [6.07, 6.45) is 1.70. The maximum atomic E-state index is 5.75. The van der Waals surface area contributed by atoms with E-state index in [1.54, 1.807) is 13.3 Å². The van der Waals surface area contributed by atoms with Crippen LogP contribution in [0.1, 0.15) is 5.69 Å². The van der Waals surface area contributed by atoms with Crippen LogP contribution >= 0.6 is 15.9 Å². The molecule has 1 aromatic carbocycles. The third kappa shape index (κ3) is 3.00. The zero-order valence-electron chi connectivity index (χ0n) is 9.89. The topological polar surface area (TPSA) is 57.4 Å². The minimum atomic E-state index is 0.332. The number of benzene rings is 1. The lowest BCUT2D eigenvalue weighted by Gasteiger charge is -2.10. The molecule has 0 atom stereocenters. The fourth-order valence-electron chi connectivity index (χ4n) is 1.46. The largest absolute Gasteiger partial charge is 0.497 e. The van der Waals surface area contributed by atoms with E-state index in [0.29, 0.717) is 23.7 Å². The van der Waals surface area contributed by atoms with Crippen LogP contribution in [-0.4, -0.2) is 12.1 Å². The van der Waals surface area contributed by atoms with Crippen LogP contribution in [0.25, 0.3) is 0 Å². The molecule has 5 heteroatoms. The third-order valence-corrected chi connectivity index (χ3v) is 2.81. The van der Waals surface area contributed by atoms with E-state index in [0.717, 1.165) is 10.2 Å². The normalized spacial score (nSPS) is 10.2. The molecule has 0 aliphatic carbocycles. The van der Waals surface area contributed by atoms with Crippen LogP contribution in [0.5, 0.6) is 17.2 Å². The van der Waals surface area contributed by atoms with Gasteiger partial charge in [0, 0.05) is 17.2 Å². The van der Waals surface area contributed by atoms with Crippen molar-refractivity contribution in [1.29, 1.82) is 0 Å². The van der Waals surface area contributed by atoms with Gasteiger partial charge in [-0.25, -0.2) is 0 Å². The lowest BCUT2D eigenvalue weighted by atomic mass is 10.3. The summed E-state index contributed by atoms with van der Waals surface area (Å²) in [6, 6.07) is 9.19. The van der Waals surface area contributed by atoms with Gasteiger partial charge in [-0.15, -0.1) is 0 Å². The van der Waals surface area contributed by atoms with Crippen LogP contribution < -0.4 is 15.2 Å². The second-order valence-electron chi connectivity index (χ2n) is 3.58. The van der Waals surface area contributed by atoms with Gasteiger partial charge in [-0.1, -0.05) is 0 Å². The van der Waals surface area contributed by atoms with Crippen LogP contribution in [0.3, 0.4) is 0 Å². The van der Waals surface area contributed by atoms with Gasteiger partial charge in [0.15, 0.2) is 5.75 Å². The van der Waals surface area contributed by atoms with E-state index in [-0.39, 0.29) is 0 Å². The Morgan fingerprint density at radius 3 is 2.50 bits per heavy atom. The van der Waals surface area contributed by atoms with Crippen molar-refractivity contribution in [2.24, 2.45) is 5.73 Å². The molecular formula is C13H13BrN2O2. The Balaban J connectivity index is 2.24. The Morgan fingerprint density at radius 2 is 1.89 bits per heavy atom. The molecule has 2 rings (SSSR count). The number of pyridine rings is 1. The van der Waals surface area contributed by atoms with Crippen LogP contribution in [0, 0.1) is 0 Å². The minimum Gasteiger partial charge on any atom is -0.497 e. The van der Waals surface area contributed by atoms with E-state index in [1.807, 2.05) is 30.3 Å². The van der Waals surface area contributed by atoms with E-state index in [4.69, 9.17) is 15.2 Å². The number of methoxy groups -OCH3 is 1. The summed E-state index contributed by atoms with van der Waals surface area (Å²) in [5.41, 5.74) is 6.34. The van der Waals surface area contributed by atoms with Gasteiger partial charge in [0.2, 0.25) is 0 Å². The summed E-state index contributed by atoms with van der Waals surface area (Å²) in [7, 11) is 1.63. The predicted octanol–water partition coefficient (Wildman–Crippen LogP) is 3.10. The molecule has 4 nitrogen and oxygen atoms in total. The summed E-state index contributed by atoms with van der Waals surface area (Å²) in [5, 5.41) is 0. The number of hydrogen-bond acceptors (Lipinski definition) is 4. The first-order chi connectivity index (χ1) is 8.72. The van der Waals surface area contributed by atoms with Crippen LogP contribution in [-0.2, 0) is 6.54 Å². The molecular weight excluding hydrogens is 296 g/mol. The van der Waals surface area contributed by atoms with Gasteiger partial charge in [-0.3, -0.25) is 4.98 Å². The van der Waals surface area contributed by atoms with Crippen molar-refractivity contribution >= 4 is 15.9 Å². The standard InChI is InChI=1S/C13H13BrN2O2/c1-17-10-2-4-11(5-3-10)18-13-6-9(14)8-16-12(13)7-15/h2-6,8H,7,15H2,1H3. The molecule has 0 aliphatic rings. The van der Waals surface area contributed by atoms with Crippen molar-refractivity contribution in [2.45, 2.75) is 6.54 Å². The summed E-state index contributed by atoms with van der Waals surface area (Å²) in [4.78, 5) is 4.21. The molecule has 0 aliphatic heterocycles. The second-order valence-corrected chi connectivity index (χ2v) is 4.50. The molecule has 0 unspecified atom stereocenters. The van der Waals surface area contributed by atoms with Gasteiger partial charge in [0.05, 0.1) is 12.8 Å². The van der Waals surface area contributed by atoms with E-state index >= 15 is 0 Å². The van der Waals surface area contributed by atoms with E-state index in [9.17, 15) is 0 Å². The number of hydrogen-bond donors (Lipinski definition) is 1. The second kappa shape index (κ2) is 5.84. The van der Waals surface area contributed by atoms with Gasteiger partial charge in [0.25, 0.3) is 0 Å². The smallest absolute Gasteiger partial charge is 0.151 e. The monoisotopic (exact) mass is 308 g/mol. The first-order valence-electron chi connectivity index (χ1n) is 5.39. The molecule has 0 bridgehead atoms.